The normalized spacial score (nSPS) is 18.0. The van der Waals surface area contributed by atoms with Gasteiger partial charge in [0.25, 0.3) is 5.92 Å². The third-order valence-corrected chi connectivity index (χ3v) is 8.04. The Morgan fingerprint density at radius 2 is 1.93 bits per heavy atom. The maximum absolute atomic E-state index is 13.4. The number of halogens is 2. The Labute approximate surface area is 235 Å². The number of rotatable bonds is 7. The lowest BCUT2D eigenvalue weighted by Crippen LogP contribution is -2.61. The summed E-state index contributed by atoms with van der Waals surface area (Å²) in [6, 6.07) is 9.14. The summed E-state index contributed by atoms with van der Waals surface area (Å²) < 4.78 is 28.4. The van der Waals surface area contributed by atoms with Gasteiger partial charge in [0, 0.05) is 54.5 Å². The monoisotopic (exact) mass is 559 g/mol. The average molecular weight is 560 g/mol. The van der Waals surface area contributed by atoms with E-state index in [4.69, 9.17) is 11.5 Å². The maximum atomic E-state index is 13.4. The molecule has 0 amide bonds. The van der Waals surface area contributed by atoms with Gasteiger partial charge in [-0.2, -0.15) is 5.10 Å². The molecule has 41 heavy (non-hydrogen) atoms. The van der Waals surface area contributed by atoms with E-state index in [0.717, 1.165) is 48.3 Å². The number of nitroso groups, excluding NO2 is 1. The first-order valence-electron chi connectivity index (χ1n) is 13.6. The molecule has 212 valence electrons. The van der Waals surface area contributed by atoms with Crippen LogP contribution in [0.1, 0.15) is 30.9 Å². The number of aryl methyl sites for hydroxylation is 1. The zero-order valence-electron chi connectivity index (χ0n) is 22.7. The smallest absolute Gasteiger partial charge is 0.272 e. The van der Waals surface area contributed by atoms with Gasteiger partial charge in [-0.3, -0.25) is 9.88 Å². The van der Waals surface area contributed by atoms with Gasteiger partial charge in [-0.1, -0.05) is 6.92 Å². The summed E-state index contributed by atoms with van der Waals surface area (Å²) in [4.78, 5) is 24.0. The van der Waals surface area contributed by atoms with E-state index in [1.807, 2.05) is 36.4 Å². The number of aliphatic imine (C=N–C) groups is 1. The molecule has 0 radical (unpaired) electrons. The van der Waals surface area contributed by atoms with E-state index in [-0.39, 0.29) is 25.0 Å². The van der Waals surface area contributed by atoms with Gasteiger partial charge in [0.15, 0.2) is 0 Å². The molecule has 6 rings (SSSR count). The lowest BCUT2D eigenvalue weighted by Gasteiger charge is -2.47. The predicted molar refractivity (Wildman–Crippen MR) is 156 cm³/mol. The fourth-order valence-corrected chi connectivity index (χ4v) is 5.80. The molecule has 0 aliphatic carbocycles. The van der Waals surface area contributed by atoms with Gasteiger partial charge >= 0.3 is 0 Å². The highest BCUT2D eigenvalue weighted by Crippen LogP contribution is 2.37. The Morgan fingerprint density at radius 3 is 2.63 bits per heavy atom. The van der Waals surface area contributed by atoms with E-state index in [2.05, 4.69) is 25.2 Å². The van der Waals surface area contributed by atoms with Crippen molar-refractivity contribution >= 4 is 34.1 Å². The number of fused-ring (bicyclic) bond motifs is 1. The highest BCUT2D eigenvalue weighted by atomic mass is 19.3. The van der Waals surface area contributed by atoms with Crippen LogP contribution < -0.4 is 16.4 Å². The molecule has 2 fully saturated rings. The van der Waals surface area contributed by atoms with Gasteiger partial charge in [-0.25, -0.2) is 18.3 Å². The van der Waals surface area contributed by atoms with Gasteiger partial charge in [-0.15, -0.1) is 4.91 Å². The summed E-state index contributed by atoms with van der Waals surface area (Å²) in [7, 11) is 0. The summed E-state index contributed by atoms with van der Waals surface area (Å²) in [5, 5.41) is 7.53. The minimum Gasteiger partial charge on any atom is -0.396 e. The van der Waals surface area contributed by atoms with E-state index in [9.17, 15) is 13.7 Å². The van der Waals surface area contributed by atoms with E-state index >= 15 is 0 Å². The van der Waals surface area contributed by atoms with Gasteiger partial charge in [0.05, 0.1) is 41.7 Å². The van der Waals surface area contributed by atoms with Crippen molar-refractivity contribution in [1.82, 2.24) is 19.5 Å². The van der Waals surface area contributed by atoms with Crippen molar-refractivity contribution in [2.45, 2.75) is 38.2 Å². The molecule has 0 unspecified atom stereocenters. The molecular weight excluding hydrogens is 528 g/mol. The molecule has 12 heteroatoms. The average Bonchev–Trinajstić information content (AvgIpc) is 3.41. The summed E-state index contributed by atoms with van der Waals surface area (Å²) in [6.45, 7) is 3.25. The molecular formula is C29H31F2N9O. The molecule has 0 saturated carbocycles. The Balaban J connectivity index is 1.26. The topological polar surface area (TPSA) is 130 Å². The molecule has 0 atom stereocenters. The third-order valence-electron chi connectivity index (χ3n) is 8.04. The number of nitrogen functional groups attached to an aromatic ring is 1. The highest BCUT2D eigenvalue weighted by Gasteiger charge is 2.46. The van der Waals surface area contributed by atoms with Crippen LogP contribution in [0.5, 0.6) is 0 Å². The van der Waals surface area contributed by atoms with Gasteiger partial charge in [0.1, 0.15) is 11.5 Å². The maximum Gasteiger partial charge on any atom is 0.272 e. The van der Waals surface area contributed by atoms with E-state index in [0.29, 0.717) is 34.6 Å². The van der Waals surface area contributed by atoms with E-state index in [1.54, 1.807) is 35.1 Å². The summed E-state index contributed by atoms with van der Waals surface area (Å²) in [5.74, 6) is -2.33. The summed E-state index contributed by atoms with van der Waals surface area (Å²) >= 11 is 0. The molecule has 4 N–H and O–H groups in total. The molecule has 3 aromatic heterocycles. The van der Waals surface area contributed by atoms with Crippen molar-refractivity contribution in [2.75, 3.05) is 36.8 Å². The van der Waals surface area contributed by atoms with Crippen LogP contribution >= 0.6 is 0 Å². The van der Waals surface area contributed by atoms with Crippen molar-refractivity contribution in [2.24, 2.45) is 15.9 Å². The van der Waals surface area contributed by atoms with Crippen molar-refractivity contribution in [3.05, 3.63) is 71.2 Å². The van der Waals surface area contributed by atoms with Gasteiger partial charge in [0.2, 0.25) is 0 Å². The van der Waals surface area contributed by atoms with Crippen LogP contribution in [0, 0.1) is 4.91 Å². The largest absolute Gasteiger partial charge is 0.396 e. The van der Waals surface area contributed by atoms with E-state index < -0.39 is 5.92 Å². The lowest BCUT2D eigenvalue weighted by molar-refractivity contribution is -0.148. The molecule has 2 aliphatic rings. The summed E-state index contributed by atoms with van der Waals surface area (Å²) in [5.41, 5.74) is 19.3. The Morgan fingerprint density at radius 1 is 1.15 bits per heavy atom. The third kappa shape index (κ3) is 5.10. The molecule has 4 aromatic rings. The number of alkyl halides is 2. The van der Waals surface area contributed by atoms with Crippen molar-refractivity contribution in [3.8, 4) is 11.1 Å². The van der Waals surface area contributed by atoms with Crippen molar-refractivity contribution < 1.29 is 8.78 Å². The zero-order chi connectivity index (χ0) is 28.7. The number of hydrogen-bond acceptors (Lipinski definition) is 8. The number of nitrogens with two attached hydrogens (primary N) is 2. The van der Waals surface area contributed by atoms with E-state index in [1.165, 1.54) is 0 Å². The Kier molecular flexibility index (Phi) is 6.86. The number of anilines is 2. The predicted octanol–water partition coefficient (Wildman–Crippen LogP) is 4.90. The minimum absolute atomic E-state index is 0.134. The van der Waals surface area contributed by atoms with Crippen LogP contribution in [0.3, 0.4) is 0 Å². The molecule has 0 spiro atoms. The van der Waals surface area contributed by atoms with Crippen LogP contribution in [-0.2, 0) is 6.42 Å². The highest BCUT2D eigenvalue weighted by molar-refractivity contribution is 6.06. The molecule has 10 nitrogen and oxygen atoms in total. The van der Waals surface area contributed by atoms with Crippen molar-refractivity contribution in [3.63, 3.8) is 0 Å². The fourth-order valence-electron chi connectivity index (χ4n) is 5.80. The number of amidine groups is 1. The lowest BCUT2D eigenvalue weighted by atomic mass is 9.97. The van der Waals surface area contributed by atoms with Crippen LogP contribution in [0.4, 0.5) is 31.5 Å². The van der Waals surface area contributed by atoms with Crippen LogP contribution in [0.15, 0.2) is 65.3 Å². The van der Waals surface area contributed by atoms with Gasteiger partial charge < -0.3 is 16.4 Å². The quantitative estimate of drug-likeness (QED) is 0.187. The second-order valence-electron chi connectivity index (χ2n) is 10.7. The molecule has 5 heterocycles. The van der Waals surface area contributed by atoms with Crippen molar-refractivity contribution in [1.29, 1.82) is 0 Å². The number of nitrogens with zero attached hydrogens (tertiary/aromatic N) is 7. The molecule has 2 saturated heterocycles. The Hall–Kier alpha value is -4.45. The van der Waals surface area contributed by atoms with Crippen LogP contribution in [-0.4, -0.2) is 63.5 Å². The van der Waals surface area contributed by atoms with Gasteiger partial charge in [-0.05, 0) is 60.3 Å². The SMILES string of the molecule is CCc1cc(N=O)ccc1N=C(N)c1cnn2cc(-c3cnccc3N3CCC(N4CC(F)(F)C4)CC3)cc2c1N. The molecule has 2 aliphatic heterocycles. The zero-order valence-corrected chi connectivity index (χ0v) is 22.7. The minimum atomic E-state index is -2.54. The standard InChI is InChI=1S/C29H31F2N9O/c1-2-18-11-20(37-41)3-4-24(18)36-28(33)23-14-35-40-15-19(12-26(40)27(23)32)22-13-34-8-5-25(22)38-9-6-21(7-10-38)39-16-29(30,31)17-39/h3-5,8,11-15,21H,2,6-7,9-10,16-17,32H2,1H3,(H2,33,36). The van der Waals surface area contributed by atoms with Crippen LogP contribution in [0.2, 0.25) is 0 Å². The number of aromatic nitrogens is 3. The fraction of sp³-hybridized carbons (Fsp3) is 0.345. The summed E-state index contributed by atoms with van der Waals surface area (Å²) in [6.07, 6.45) is 9.40. The Bertz CT molecular complexity index is 1630. The first-order valence-corrected chi connectivity index (χ1v) is 13.6. The number of likely N-dealkylation sites (tertiary alicyclic amines) is 1. The second-order valence-corrected chi connectivity index (χ2v) is 10.7. The first-order chi connectivity index (χ1) is 19.8. The molecule has 1 aromatic carbocycles. The second kappa shape index (κ2) is 10.5. The molecule has 0 bridgehead atoms. The number of piperidine rings is 1. The van der Waals surface area contributed by atoms with Crippen LogP contribution in [0.25, 0.3) is 16.6 Å². The number of benzene rings is 1. The number of hydrogen-bond donors (Lipinski definition) is 2. The number of pyridine rings is 1. The first kappa shape index (κ1) is 26.8.